The molecule has 0 aliphatic heterocycles. The quantitative estimate of drug-likeness (QED) is 0.750. The fraction of sp³-hybridized carbons (Fsp3) is 0.167. The molecule has 0 aliphatic rings. The Morgan fingerprint density at radius 1 is 1.17 bits per heavy atom. The second-order valence-electron chi connectivity index (χ2n) is 5.04. The van der Waals surface area contributed by atoms with Crippen LogP contribution in [0.1, 0.15) is 16.1 Å². The van der Waals surface area contributed by atoms with Crippen LogP contribution < -0.4 is 5.32 Å². The van der Waals surface area contributed by atoms with Crippen molar-refractivity contribution in [1.29, 1.82) is 0 Å². The molecule has 2 aromatic rings. The number of carbonyl (C=O) groups is 2. The van der Waals surface area contributed by atoms with E-state index in [4.69, 9.17) is 0 Å². The topological polar surface area (TPSA) is 62.3 Å². The third kappa shape index (κ3) is 4.89. The van der Waals surface area contributed by atoms with Gasteiger partial charge in [-0.3, -0.25) is 9.59 Å². The number of nitrogens with one attached hydrogen (secondary N) is 1. The predicted octanol–water partition coefficient (Wildman–Crippen LogP) is 3.14. The highest BCUT2D eigenvalue weighted by molar-refractivity contribution is 7.14. The van der Waals surface area contributed by atoms with Crippen LogP contribution in [-0.4, -0.2) is 34.8 Å². The van der Waals surface area contributed by atoms with Crippen LogP contribution in [0.15, 0.2) is 61.0 Å². The molecule has 0 saturated heterocycles. The number of nitrogens with zero attached hydrogens (tertiary/aromatic N) is 2. The summed E-state index contributed by atoms with van der Waals surface area (Å²) in [6, 6.07) is 9.45. The van der Waals surface area contributed by atoms with E-state index in [1.54, 1.807) is 22.4 Å². The first-order valence-electron chi connectivity index (χ1n) is 7.44. The van der Waals surface area contributed by atoms with E-state index in [-0.39, 0.29) is 18.2 Å². The summed E-state index contributed by atoms with van der Waals surface area (Å²) in [6.07, 6.45) is 3.56. The third-order valence-corrected chi connectivity index (χ3v) is 3.92. The van der Waals surface area contributed by atoms with Crippen molar-refractivity contribution in [1.82, 2.24) is 9.88 Å². The van der Waals surface area contributed by atoms with Gasteiger partial charge in [-0.2, -0.15) is 0 Å². The van der Waals surface area contributed by atoms with Gasteiger partial charge in [0.1, 0.15) is 5.69 Å². The normalized spacial score (nSPS) is 10.0. The lowest BCUT2D eigenvalue weighted by atomic mass is 10.1. The van der Waals surface area contributed by atoms with Crippen molar-refractivity contribution in [2.24, 2.45) is 0 Å². The zero-order valence-electron chi connectivity index (χ0n) is 13.3. The Morgan fingerprint density at radius 2 is 1.83 bits per heavy atom. The second-order valence-corrected chi connectivity index (χ2v) is 5.89. The van der Waals surface area contributed by atoms with E-state index in [1.807, 2.05) is 30.3 Å². The van der Waals surface area contributed by atoms with Crippen molar-refractivity contribution in [2.75, 3.05) is 18.4 Å². The Morgan fingerprint density at radius 3 is 2.46 bits per heavy atom. The van der Waals surface area contributed by atoms with Crippen molar-refractivity contribution in [2.45, 2.75) is 6.42 Å². The van der Waals surface area contributed by atoms with Gasteiger partial charge in [0.2, 0.25) is 5.91 Å². The number of thiazole rings is 1. The first-order valence-corrected chi connectivity index (χ1v) is 8.32. The van der Waals surface area contributed by atoms with Gasteiger partial charge in [0.05, 0.1) is 6.42 Å². The number of aromatic nitrogens is 1. The summed E-state index contributed by atoms with van der Waals surface area (Å²) >= 11 is 1.23. The highest BCUT2D eigenvalue weighted by Gasteiger charge is 2.17. The van der Waals surface area contributed by atoms with Crippen LogP contribution in [-0.2, 0) is 11.2 Å². The summed E-state index contributed by atoms with van der Waals surface area (Å²) in [6.45, 7) is 8.11. The van der Waals surface area contributed by atoms with Crippen molar-refractivity contribution >= 4 is 28.3 Å². The molecule has 6 heteroatoms. The van der Waals surface area contributed by atoms with E-state index >= 15 is 0 Å². The van der Waals surface area contributed by atoms with Crippen LogP contribution in [0, 0.1) is 0 Å². The number of benzene rings is 1. The van der Waals surface area contributed by atoms with Gasteiger partial charge in [0, 0.05) is 18.5 Å². The van der Waals surface area contributed by atoms with Gasteiger partial charge in [0.15, 0.2) is 5.13 Å². The monoisotopic (exact) mass is 341 g/mol. The molecule has 0 aliphatic carbocycles. The molecule has 0 unspecified atom stereocenters. The zero-order valence-corrected chi connectivity index (χ0v) is 14.1. The number of carbonyl (C=O) groups excluding carboxylic acids is 2. The average molecular weight is 341 g/mol. The van der Waals surface area contributed by atoms with Crippen LogP contribution >= 0.6 is 11.3 Å². The van der Waals surface area contributed by atoms with Gasteiger partial charge < -0.3 is 10.2 Å². The Hall–Kier alpha value is -2.73. The van der Waals surface area contributed by atoms with E-state index in [9.17, 15) is 9.59 Å². The molecule has 0 spiro atoms. The zero-order chi connectivity index (χ0) is 17.4. The summed E-state index contributed by atoms with van der Waals surface area (Å²) < 4.78 is 0. The molecular weight excluding hydrogens is 322 g/mol. The Bertz CT molecular complexity index is 715. The summed E-state index contributed by atoms with van der Waals surface area (Å²) in [5.74, 6) is -0.377. The smallest absolute Gasteiger partial charge is 0.273 e. The van der Waals surface area contributed by atoms with Gasteiger partial charge in [-0.25, -0.2) is 4.98 Å². The van der Waals surface area contributed by atoms with E-state index in [1.165, 1.54) is 11.3 Å². The number of rotatable bonds is 8. The minimum absolute atomic E-state index is 0.163. The van der Waals surface area contributed by atoms with E-state index < -0.39 is 0 Å². The van der Waals surface area contributed by atoms with Crippen LogP contribution in [0.4, 0.5) is 5.13 Å². The number of hydrogen-bond acceptors (Lipinski definition) is 4. The van der Waals surface area contributed by atoms with Gasteiger partial charge in [-0.15, -0.1) is 24.5 Å². The highest BCUT2D eigenvalue weighted by atomic mass is 32.1. The molecule has 2 amide bonds. The Balaban J connectivity index is 1.99. The van der Waals surface area contributed by atoms with E-state index in [2.05, 4.69) is 23.5 Å². The average Bonchev–Trinajstić information content (AvgIpc) is 3.03. The lowest BCUT2D eigenvalue weighted by Crippen LogP contribution is -2.31. The first kappa shape index (κ1) is 17.6. The van der Waals surface area contributed by atoms with E-state index in [0.717, 1.165) is 5.56 Å². The lowest BCUT2D eigenvalue weighted by Gasteiger charge is -2.17. The maximum absolute atomic E-state index is 12.4. The molecule has 0 fully saturated rings. The Kier molecular flexibility index (Phi) is 6.45. The molecule has 1 N–H and O–H groups in total. The predicted molar refractivity (Wildman–Crippen MR) is 97.2 cm³/mol. The first-order chi connectivity index (χ1) is 11.6. The van der Waals surface area contributed by atoms with Gasteiger partial charge in [-0.05, 0) is 5.56 Å². The SMILES string of the molecule is C=CCN(CC=C)C(=O)c1csc(NC(=O)Cc2ccccc2)n1. The maximum Gasteiger partial charge on any atom is 0.273 e. The summed E-state index contributed by atoms with van der Waals surface area (Å²) in [4.78, 5) is 30.2. The van der Waals surface area contributed by atoms with Gasteiger partial charge in [-0.1, -0.05) is 42.5 Å². The Labute approximate surface area is 145 Å². The van der Waals surface area contributed by atoms with Crippen LogP contribution in [0.3, 0.4) is 0 Å². The molecule has 0 saturated carbocycles. The van der Waals surface area contributed by atoms with Crippen molar-refractivity contribution < 1.29 is 9.59 Å². The van der Waals surface area contributed by atoms with Crippen LogP contribution in [0.2, 0.25) is 0 Å². The summed E-state index contributed by atoms with van der Waals surface area (Å²) in [5, 5.41) is 4.78. The standard InChI is InChI=1S/C18H19N3O2S/c1-3-10-21(11-4-2)17(23)15-13-24-18(19-15)20-16(22)12-14-8-6-5-7-9-14/h3-9,13H,1-2,10-12H2,(H,19,20,22). The fourth-order valence-electron chi connectivity index (χ4n) is 2.09. The molecular formula is C18H19N3O2S. The molecule has 1 heterocycles. The summed E-state index contributed by atoms with van der Waals surface area (Å²) in [5.41, 5.74) is 1.23. The van der Waals surface area contributed by atoms with Crippen molar-refractivity contribution in [3.63, 3.8) is 0 Å². The van der Waals surface area contributed by atoms with Crippen LogP contribution in [0.25, 0.3) is 0 Å². The molecule has 5 nitrogen and oxygen atoms in total. The van der Waals surface area contributed by atoms with Crippen molar-refractivity contribution in [3.8, 4) is 0 Å². The molecule has 1 aromatic carbocycles. The van der Waals surface area contributed by atoms with Gasteiger partial charge >= 0.3 is 0 Å². The number of hydrogen-bond donors (Lipinski definition) is 1. The molecule has 0 bridgehead atoms. The molecule has 24 heavy (non-hydrogen) atoms. The molecule has 1 aromatic heterocycles. The van der Waals surface area contributed by atoms with Crippen molar-refractivity contribution in [3.05, 3.63) is 72.3 Å². The summed E-state index contributed by atoms with van der Waals surface area (Å²) in [7, 11) is 0. The highest BCUT2D eigenvalue weighted by Crippen LogP contribution is 2.17. The van der Waals surface area contributed by atoms with Crippen LogP contribution in [0.5, 0.6) is 0 Å². The molecule has 124 valence electrons. The number of anilines is 1. The molecule has 0 radical (unpaired) electrons. The van der Waals surface area contributed by atoms with E-state index in [0.29, 0.717) is 23.9 Å². The maximum atomic E-state index is 12.4. The largest absolute Gasteiger partial charge is 0.330 e. The number of amides is 2. The minimum Gasteiger partial charge on any atom is -0.330 e. The fourth-order valence-corrected chi connectivity index (χ4v) is 2.79. The molecule has 2 rings (SSSR count). The lowest BCUT2D eigenvalue weighted by molar-refractivity contribution is -0.115. The second kappa shape index (κ2) is 8.79. The minimum atomic E-state index is -0.213. The molecule has 0 atom stereocenters. The third-order valence-electron chi connectivity index (χ3n) is 3.16. The van der Waals surface area contributed by atoms with Gasteiger partial charge in [0.25, 0.3) is 5.91 Å².